The first-order chi connectivity index (χ1) is 10.4. The molecule has 0 bridgehead atoms. The van der Waals surface area contributed by atoms with Crippen LogP contribution >= 0.6 is 0 Å². The Kier molecular flexibility index (Phi) is 3.39. The topological polar surface area (TPSA) is 90.9 Å². The van der Waals surface area contributed by atoms with Crippen molar-refractivity contribution in [1.29, 1.82) is 0 Å². The summed E-state index contributed by atoms with van der Waals surface area (Å²) in [6.45, 7) is 2.92. The van der Waals surface area contributed by atoms with Gasteiger partial charge in [0.2, 0.25) is 0 Å². The Morgan fingerprint density at radius 3 is 2.59 bits per heavy atom. The highest BCUT2D eigenvalue weighted by atomic mass is 16.4. The molecule has 1 aromatic carbocycles. The smallest absolute Gasteiger partial charge is 0.193 e. The normalized spacial score (nSPS) is 16.0. The lowest BCUT2D eigenvalue weighted by molar-refractivity contribution is 0.0165. The molecular weight excluding hydrogens is 284 g/mol. The molecule has 0 saturated heterocycles. The maximum absolute atomic E-state index is 12.2. The molecule has 1 heterocycles. The van der Waals surface area contributed by atoms with Crippen LogP contribution in [0.25, 0.3) is 27.9 Å². The van der Waals surface area contributed by atoms with E-state index in [9.17, 15) is 20.1 Å². The Morgan fingerprint density at radius 2 is 1.95 bits per heavy atom. The van der Waals surface area contributed by atoms with Crippen molar-refractivity contribution in [2.24, 2.45) is 0 Å². The van der Waals surface area contributed by atoms with Crippen LogP contribution in [0.1, 0.15) is 25.7 Å². The number of rotatable bonds is 2. The first-order valence-corrected chi connectivity index (χ1v) is 6.95. The van der Waals surface area contributed by atoms with Gasteiger partial charge >= 0.3 is 0 Å². The van der Waals surface area contributed by atoms with Crippen molar-refractivity contribution in [2.45, 2.75) is 26.1 Å². The fourth-order valence-corrected chi connectivity index (χ4v) is 2.72. The molecule has 22 heavy (non-hydrogen) atoms. The van der Waals surface area contributed by atoms with Crippen LogP contribution in [0.3, 0.4) is 0 Å². The van der Waals surface area contributed by atoms with E-state index in [0.717, 1.165) is 5.39 Å². The zero-order chi connectivity index (χ0) is 16.0. The predicted octanol–water partition coefficient (Wildman–Crippen LogP) is 1.72. The minimum Gasteiger partial charge on any atom is -0.512 e. The molecule has 5 nitrogen and oxygen atoms in total. The predicted molar refractivity (Wildman–Crippen MR) is 82.7 cm³/mol. The van der Waals surface area contributed by atoms with E-state index >= 15 is 0 Å². The highest BCUT2D eigenvalue weighted by Gasteiger charge is 2.22. The molecule has 2 aliphatic rings. The van der Waals surface area contributed by atoms with Gasteiger partial charge in [-0.1, -0.05) is 18.2 Å². The Morgan fingerprint density at radius 1 is 1.23 bits per heavy atom. The average molecular weight is 300 g/mol. The van der Waals surface area contributed by atoms with E-state index in [1.165, 1.54) is 19.9 Å². The van der Waals surface area contributed by atoms with Crippen LogP contribution in [-0.2, 0) is 0 Å². The number of aliphatic hydroxyl groups is 3. The van der Waals surface area contributed by atoms with Crippen LogP contribution in [0.15, 0.2) is 39.5 Å². The van der Waals surface area contributed by atoms with Gasteiger partial charge in [-0.25, -0.2) is 0 Å². The zero-order valence-corrected chi connectivity index (χ0v) is 12.2. The number of aliphatic hydroxyl groups excluding tert-OH is 3. The molecule has 1 aliphatic heterocycles. The van der Waals surface area contributed by atoms with E-state index in [4.69, 9.17) is 4.42 Å². The van der Waals surface area contributed by atoms with Crippen LogP contribution in [0.5, 0.6) is 0 Å². The van der Waals surface area contributed by atoms with E-state index in [1.54, 1.807) is 18.2 Å². The molecule has 0 radical (unpaired) electrons. The second-order valence-corrected chi connectivity index (χ2v) is 5.44. The summed E-state index contributed by atoms with van der Waals surface area (Å²) >= 11 is 0. The van der Waals surface area contributed by atoms with Crippen LogP contribution in [0.4, 0.5) is 0 Å². The molecule has 0 aromatic heterocycles. The Hall–Kier alpha value is -2.37. The molecule has 0 spiro atoms. The van der Waals surface area contributed by atoms with Crippen LogP contribution in [0.2, 0.25) is 0 Å². The third-order valence-corrected chi connectivity index (χ3v) is 3.76. The van der Waals surface area contributed by atoms with Crippen LogP contribution in [0, 0.1) is 0 Å². The van der Waals surface area contributed by atoms with E-state index in [-0.39, 0.29) is 22.2 Å². The molecule has 0 saturated carbocycles. The molecule has 3 rings (SSSR count). The second kappa shape index (κ2) is 5.12. The highest BCUT2D eigenvalue weighted by molar-refractivity contribution is 5.96. The van der Waals surface area contributed by atoms with E-state index in [1.807, 2.05) is 6.07 Å². The number of hydrogen-bond donors (Lipinski definition) is 3. The van der Waals surface area contributed by atoms with Gasteiger partial charge in [-0.2, -0.15) is 0 Å². The fraction of sp³-hybridized carbons (Fsp3) is 0.235. The van der Waals surface area contributed by atoms with Gasteiger partial charge in [0.15, 0.2) is 5.43 Å². The first kappa shape index (κ1) is 14.6. The fourth-order valence-electron chi connectivity index (χ4n) is 2.72. The molecule has 1 aromatic rings. The largest absolute Gasteiger partial charge is 0.512 e. The average Bonchev–Trinajstić information content (AvgIpc) is 2.45. The number of hydrogen-bond acceptors (Lipinski definition) is 5. The van der Waals surface area contributed by atoms with Crippen molar-refractivity contribution >= 4 is 16.5 Å². The molecule has 3 N–H and O–H groups in total. The van der Waals surface area contributed by atoms with Gasteiger partial charge < -0.3 is 19.7 Å². The summed E-state index contributed by atoms with van der Waals surface area (Å²) in [4.78, 5) is 12.2. The summed E-state index contributed by atoms with van der Waals surface area (Å²) in [5, 5.41) is 30.9. The lowest BCUT2D eigenvalue weighted by atomic mass is 9.96. The summed E-state index contributed by atoms with van der Waals surface area (Å²) in [6, 6.07) is 8.26. The standard InChI is InChI=1S/C17H16O5/c1-8(18)15-11-5-3-4-10-6-14(17(21)9(2)19)22-13(16(10)11)7-12(15)20/h3-7,9,17-19,21H,1-2H3/b15-8-/t9-,17-/m1/s1. The van der Waals surface area contributed by atoms with Crippen molar-refractivity contribution in [3.63, 3.8) is 0 Å². The zero-order valence-electron chi connectivity index (χ0n) is 12.2. The van der Waals surface area contributed by atoms with Crippen LogP contribution < -0.4 is 10.6 Å². The van der Waals surface area contributed by atoms with E-state index in [0.29, 0.717) is 16.7 Å². The van der Waals surface area contributed by atoms with Crippen molar-refractivity contribution < 1.29 is 19.7 Å². The quantitative estimate of drug-likeness (QED) is 0.670. The Bertz CT molecular complexity index is 918. The lowest BCUT2D eigenvalue weighted by Crippen LogP contribution is -2.27. The van der Waals surface area contributed by atoms with E-state index in [2.05, 4.69) is 0 Å². The molecule has 5 heteroatoms. The summed E-state index contributed by atoms with van der Waals surface area (Å²) in [5.74, 6) is 0.456. The third kappa shape index (κ3) is 2.15. The summed E-state index contributed by atoms with van der Waals surface area (Å²) in [7, 11) is 0. The molecule has 2 atom stereocenters. The summed E-state index contributed by atoms with van der Waals surface area (Å²) in [5.41, 5.74) is 0.347. The summed E-state index contributed by atoms with van der Waals surface area (Å²) in [6.07, 6.45) is -2.17. The molecule has 1 aliphatic carbocycles. The molecule has 0 fully saturated rings. The highest BCUT2D eigenvalue weighted by Crippen LogP contribution is 2.33. The van der Waals surface area contributed by atoms with Crippen LogP contribution in [-0.4, -0.2) is 21.4 Å². The number of benzene rings is 2. The Labute approximate surface area is 126 Å². The van der Waals surface area contributed by atoms with Gasteiger partial charge in [-0.05, 0) is 25.3 Å². The molecule has 114 valence electrons. The Balaban J connectivity index is 2.47. The van der Waals surface area contributed by atoms with Gasteiger partial charge in [0.05, 0.1) is 11.3 Å². The van der Waals surface area contributed by atoms with Gasteiger partial charge in [-0.3, -0.25) is 4.79 Å². The molecular formula is C17H16O5. The van der Waals surface area contributed by atoms with E-state index < -0.39 is 12.2 Å². The minimum absolute atomic E-state index is 0.0486. The monoisotopic (exact) mass is 300 g/mol. The van der Waals surface area contributed by atoms with Crippen molar-refractivity contribution in [3.05, 3.63) is 51.5 Å². The van der Waals surface area contributed by atoms with Gasteiger partial charge in [-0.15, -0.1) is 0 Å². The third-order valence-electron chi connectivity index (χ3n) is 3.76. The SMILES string of the molecule is C/C(O)=c1/c(=O)cc2oc([C@H](O)[C@@H](C)O)cc3cccc1c3-2. The molecule has 0 unspecified atom stereocenters. The maximum atomic E-state index is 12.2. The second-order valence-electron chi connectivity index (χ2n) is 5.44. The maximum Gasteiger partial charge on any atom is 0.193 e. The van der Waals surface area contributed by atoms with Gasteiger partial charge in [0.25, 0.3) is 0 Å². The van der Waals surface area contributed by atoms with Gasteiger partial charge in [0.1, 0.15) is 23.4 Å². The minimum atomic E-state index is -1.18. The van der Waals surface area contributed by atoms with Crippen molar-refractivity contribution in [3.8, 4) is 11.3 Å². The lowest BCUT2D eigenvalue weighted by Gasteiger charge is -2.17. The van der Waals surface area contributed by atoms with Crippen molar-refractivity contribution in [2.75, 3.05) is 0 Å². The molecule has 0 amide bonds. The van der Waals surface area contributed by atoms with Gasteiger partial charge in [0, 0.05) is 17.0 Å². The van der Waals surface area contributed by atoms with Crippen molar-refractivity contribution in [1.82, 2.24) is 0 Å². The summed E-state index contributed by atoms with van der Waals surface area (Å²) < 4.78 is 5.60. The first-order valence-electron chi connectivity index (χ1n) is 6.95.